The number of amides is 1. The molecular formula is C20H23N3O3. The molecule has 2 aromatic carbocycles. The Kier molecular flexibility index (Phi) is 5.86. The molecule has 136 valence electrons. The third-order valence-electron chi connectivity index (χ3n) is 4.18. The first kappa shape index (κ1) is 17.9. The molecule has 0 fully saturated rings. The molecule has 0 radical (unpaired) electrons. The normalized spacial score (nSPS) is 10.8. The second kappa shape index (κ2) is 8.49. The Labute approximate surface area is 152 Å². The zero-order valence-corrected chi connectivity index (χ0v) is 15.1. The first-order chi connectivity index (χ1) is 12.7. The maximum atomic E-state index is 12.3. The average Bonchev–Trinajstić information content (AvgIpc) is 3.07. The zero-order chi connectivity index (χ0) is 18.4. The van der Waals surface area contributed by atoms with E-state index in [0.717, 1.165) is 28.6 Å². The highest BCUT2D eigenvalue weighted by Crippen LogP contribution is 2.19. The van der Waals surface area contributed by atoms with Crippen molar-refractivity contribution in [2.24, 2.45) is 0 Å². The van der Waals surface area contributed by atoms with Crippen molar-refractivity contribution < 1.29 is 14.3 Å². The van der Waals surface area contributed by atoms with E-state index >= 15 is 0 Å². The molecule has 1 aromatic heterocycles. The van der Waals surface area contributed by atoms with Crippen LogP contribution in [0.15, 0.2) is 48.7 Å². The molecule has 26 heavy (non-hydrogen) atoms. The van der Waals surface area contributed by atoms with Crippen LogP contribution in [-0.2, 0) is 11.3 Å². The third-order valence-corrected chi connectivity index (χ3v) is 4.18. The van der Waals surface area contributed by atoms with Gasteiger partial charge in [0.25, 0.3) is 5.91 Å². The molecule has 0 unspecified atom stereocenters. The fraction of sp³-hybridized carbons (Fsp3) is 0.300. The molecule has 1 amide bonds. The lowest BCUT2D eigenvalue weighted by Crippen LogP contribution is -2.25. The van der Waals surface area contributed by atoms with Crippen LogP contribution < -0.4 is 10.1 Å². The highest BCUT2D eigenvalue weighted by atomic mass is 16.5. The number of carbonyl (C=O) groups is 1. The highest BCUT2D eigenvalue weighted by molar-refractivity contribution is 5.97. The first-order valence-corrected chi connectivity index (χ1v) is 8.57. The standard InChI is InChI=1S/C20H23N3O3/c1-25-10-4-9-21-20(24)16-7-8-17-13-22-23(19(17)12-16)14-15-5-3-6-18(11-15)26-2/h3,5-8,11-13H,4,9-10,14H2,1-2H3,(H,21,24). The van der Waals surface area contributed by atoms with Crippen LogP contribution >= 0.6 is 0 Å². The van der Waals surface area contributed by atoms with Gasteiger partial charge in [-0.15, -0.1) is 0 Å². The minimum Gasteiger partial charge on any atom is -0.497 e. The Hall–Kier alpha value is -2.86. The molecule has 0 saturated heterocycles. The molecule has 0 spiro atoms. The lowest BCUT2D eigenvalue weighted by atomic mass is 10.1. The minimum atomic E-state index is -0.0860. The number of fused-ring (bicyclic) bond motifs is 1. The predicted octanol–water partition coefficient (Wildman–Crippen LogP) is 2.86. The predicted molar refractivity (Wildman–Crippen MR) is 101 cm³/mol. The van der Waals surface area contributed by atoms with Crippen molar-refractivity contribution in [1.82, 2.24) is 15.1 Å². The molecule has 6 heteroatoms. The third kappa shape index (κ3) is 4.21. The van der Waals surface area contributed by atoms with E-state index in [1.165, 1.54) is 0 Å². The summed E-state index contributed by atoms with van der Waals surface area (Å²) in [5.41, 5.74) is 2.64. The summed E-state index contributed by atoms with van der Waals surface area (Å²) in [6.07, 6.45) is 2.61. The lowest BCUT2D eigenvalue weighted by Gasteiger charge is -2.08. The van der Waals surface area contributed by atoms with Crippen molar-refractivity contribution >= 4 is 16.8 Å². The van der Waals surface area contributed by atoms with E-state index in [1.54, 1.807) is 14.2 Å². The number of methoxy groups -OCH3 is 2. The van der Waals surface area contributed by atoms with Crippen molar-refractivity contribution in [2.45, 2.75) is 13.0 Å². The molecule has 0 atom stereocenters. The monoisotopic (exact) mass is 353 g/mol. The van der Waals surface area contributed by atoms with E-state index in [9.17, 15) is 4.79 Å². The zero-order valence-electron chi connectivity index (χ0n) is 15.1. The molecule has 1 heterocycles. The van der Waals surface area contributed by atoms with Crippen LogP contribution in [0.5, 0.6) is 5.75 Å². The van der Waals surface area contributed by atoms with Gasteiger partial charge in [0, 0.05) is 31.2 Å². The topological polar surface area (TPSA) is 65.4 Å². The summed E-state index contributed by atoms with van der Waals surface area (Å²) in [4.78, 5) is 12.3. The maximum absolute atomic E-state index is 12.3. The Morgan fingerprint density at radius 1 is 1.19 bits per heavy atom. The Morgan fingerprint density at radius 3 is 2.88 bits per heavy atom. The SMILES string of the molecule is COCCCNC(=O)c1ccc2cnn(Cc3cccc(OC)c3)c2c1. The van der Waals surface area contributed by atoms with Gasteiger partial charge in [-0.1, -0.05) is 18.2 Å². The maximum Gasteiger partial charge on any atom is 0.251 e. The van der Waals surface area contributed by atoms with Crippen LogP contribution in [0.3, 0.4) is 0 Å². The summed E-state index contributed by atoms with van der Waals surface area (Å²) in [7, 11) is 3.30. The molecule has 1 N–H and O–H groups in total. The van der Waals surface area contributed by atoms with Crippen molar-refractivity contribution in [3.05, 3.63) is 59.8 Å². The molecule has 6 nitrogen and oxygen atoms in total. The number of aromatic nitrogens is 2. The van der Waals surface area contributed by atoms with Crippen molar-refractivity contribution in [3.63, 3.8) is 0 Å². The number of carbonyl (C=O) groups excluding carboxylic acids is 1. The van der Waals surface area contributed by atoms with Crippen molar-refractivity contribution in [2.75, 3.05) is 27.4 Å². The van der Waals surface area contributed by atoms with Crippen LogP contribution in [0, 0.1) is 0 Å². The largest absolute Gasteiger partial charge is 0.497 e. The van der Waals surface area contributed by atoms with Gasteiger partial charge < -0.3 is 14.8 Å². The number of ether oxygens (including phenoxy) is 2. The fourth-order valence-corrected chi connectivity index (χ4v) is 2.80. The fourth-order valence-electron chi connectivity index (χ4n) is 2.80. The van der Waals surface area contributed by atoms with Crippen LogP contribution in [-0.4, -0.2) is 43.1 Å². The van der Waals surface area contributed by atoms with Gasteiger partial charge in [0.1, 0.15) is 5.75 Å². The summed E-state index contributed by atoms with van der Waals surface area (Å²) in [6, 6.07) is 13.5. The van der Waals surface area contributed by atoms with E-state index in [4.69, 9.17) is 9.47 Å². The average molecular weight is 353 g/mol. The Morgan fingerprint density at radius 2 is 2.08 bits per heavy atom. The van der Waals surface area contributed by atoms with Crippen LogP contribution in [0.4, 0.5) is 0 Å². The molecule has 0 saturated carbocycles. The summed E-state index contributed by atoms with van der Waals surface area (Å²) < 4.78 is 12.2. The first-order valence-electron chi connectivity index (χ1n) is 8.57. The van der Waals surface area contributed by atoms with Gasteiger partial charge in [-0.3, -0.25) is 9.48 Å². The van der Waals surface area contributed by atoms with Gasteiger partial charge in [0.15, 0.2) is 0 Å². The molecule has 0 aliphatic rings. The second-order valence-electron chi connectivity index (χ2n) is 6.03. The summed E-state index contributed by atoms with van der Waals surface area (Å²) in [5, 5.41) is 8.37. The highest BCUT2D eigenvalue weighted by Gasteiger charge is 2.10. The van der Waals surface area contributed by atoms with Crippen molar-refractivity contribution in [3.8, 4) is 5.75 Å². The van der Waals surface area contributed by atoms with Gasteiger partial charge in [-0.2, -0.15) is 5.10 Å². The number of hydrogen-bond donors (Lipinski definition) is 1. The molecule has 3 rings (SSSR count). The second-order valence-corrected chi connectivity index (χ2v) is 6.03. The van der Waals surface area contributed by atoms with Gasteiger partial charge in [-0.05, 0) is 36.2 Å². The van der Waals surface area contributed by atoms with Gasteiger partial charge >= 0.3 is 0 Å². The van der Waals surface area contributed by atoms with E-state index < -0.39 is 0 Å². The molecule has 0 aliphatic heterocycles. The van der Waals surface area contributed by atoms with Gasteiger partial charge in [0.05, 0.1) is 25.4 Å². The van der Waals surface area contributed by atoms with Crippen LogP contribution in [0.1, 0.15) is 22.3 Å². The van der Waals surface area contributed by atoms with Crippen LogP contribution in [0.2, 0.25) is 0 Å². The number of nitrogens with zero attached hydrogens (tertiary/aromatic N) is 2. The lowest BCUT2D eigenvalue weighted by molar-refractivity contribution is 0.0948. The number of hydrogen-bond acceptors (Lipinski definition) is 4. The quantitative estimate of drug-likeness (QED) is 0.633. The Bertz CT molecular complexity index is 889. The van der Waals surface area contributed by atoms with Crippen LogP contribution in [0.25, 0.3) is 10.9 Å². The summed E-state index contributed by atoms with van der Waals surface area (Å²) >= 11 is 0. The Balaban J connectivity index is 1.78. The molecule has 0 bridgehead atoms. The van der Waals surface area contributed by atoms with E-state index in [2.05, 4.69) is 10.4 Å². The molecular weight excluding hydrogens is 330 g/mol. The number of nitrogens with one attached hydrogen (secondary N) is 1. The van der Waals surface area contributed by atoms with E-state index in [0.29, 0.717) is 25.3 Å². The minimum absolute atomic E-state index is 0.0860. The number of rotatable bonds is 8. The van der Waals surface area contributed by atoms with Gasteiger partial charge in [0.2, 0.25) is 0 Å². The van der Waals surface area contributed by atoms with Gasteiger partial charge in [-0.25, -0.2) is 0 Å². The summed E-state index contributed by atoms with van der Waals surface area (Å²) in [6.45, 7) is 1.83. The molecule has 0 aliphatic carbocycles. The smallest absolute Gasteiger partial charge is 0.251 e. The van der Waals surface area contributed by atoms with Crippen molar-refractivity contribution in [1.29, 1.82) is 0 Å². The summed E-state index contributed by atoms with van der Waals surface area (Å²) in [5.74, 6) is 0.729. The van der Waals surface area contributed by atoms with E-state index in [1.807, 2.05) is 53.3 Å². The number of benzene rings is 2. The van der Waals surface area contributed by atoms with E-state index in [-0.39, 0.29) is 5.91 Å². The molecule has 3 aromatic rings.